The van der Waals surface area contributed by atoms with Crippen molar-refractivity contribution in [3.8, 4) is 16.9 Å². The lowest BCUT2D eigenvalue weighted by atomic mass is 9.77. The van der Waals surface area contributed by atoms with Crippen LogP contribution in [0.25, 0.3) is 11.1 Å². The molecule has 0 spiro atoms. The fourth-order valence-corrected chi connectivity index (χ4v) is 3.77. The van der Waals surface area contributed by atoms with Gasteiger partial charge in [0.05, 0.1) is 0 Å². The van der Waals surface area contributed by atoms with Crippen LogP contribution in [0.1, 0.15) is 28.3 Å². The van der Waals surface area contributed by atoms with Gasteiger partial charge in [-0.05, 0) is 66.3 Å². The Labute approximate surface area is 119 Å². The van der Waals surface area contributed by atoms with Gasteiger partial charge < -0.3 is 5.11 Å². The van der Waals surface area contributed by atoms with Crippen LogP contribution in [-0.2, 0) is 12.8 Å². The number of hydrogen-bond acceptors (Lipinski definition) is 2. The van der Waals surface area contributed by atoms with Crippen molar-refractivity contribution in [1.29, 1.82) is 0 Å². The second-order valence-corrected chi connectivity index (χ2v) is 6.12. The second kappa shape index (κ2) is 4.10. The Bertz CT molecular complexity index is 705. The summed E-state index contributed by atoms with van der Waals surface area (Å²) in [5.74, 6) is 0.406. The van der Waals surface area contributed by atoms with E-state index in [1.807, 2.05) is 13.0 Å². The molecule has 1 heterocycles. The SMILES string of the molecule is Cc1cc2c(cc1O)-c1cccc3c1[C@@H](C2)N(C)CC3. The maximum absolute atomic E-state index is 10.0. The molecule has 0 fully saturated rings. The first-order valence-corrected chi connectivity index (χ1v) is 7.30. The zero-order chi connectivity index (χ0) is 13.9. The summed E-state index contributed by atoms with van der Waals surface area (Å²) in [5, 5.41) is 10.0. The fraction of sp³-hybridized carbons (Fsp3) is 0.333. The molecule has 2 nitrogen and oxygen atoms in total. The van der Waals surface area contributed by atoms with Gasteiger partial charge in [-0.25, -0.2) is 0 Å². The first-order chi connectivity index (χ1) is 9.65. The Morgan fingerprint density at radius 2 is 2.00 bits per heavy atom. The minimum atomic E-state index is 0.406. The van der Waals surface area contributed by atoms with Crippen LogP contribution in [-0.4, -0.2) is 23.6 Å². The van der Waals surface area contributed by atoms with Gasteiger partial charge in [-0.2, -0.15) is 0 Å². The van der Waals surface area contributed by atoms with Crippen LogP contribution in [0.15, 0.2) is 30.3 Å². The number of phenols is 1. The molecule has 20 heavy (non-hydrogen) atoms. The fourth-order valence-electron chi connectivity index (χ4n) is 3.77. The molecule has 1 aliphatic carbocycles. The van der Waals surface area contributed by atoms with Crippen LogP contribution in [0.5, 0.6) is 5.75 Å². The van der Waals surface area contributed by atoms with Gasteiger partial charge in [-0.15, -0.1) is 0 Å². The molecule has 2 heteroatoms. The molecule has 2 aliphatic rings. The average molecular weight is 265 g/mol. The Hall–Kier alpha value is -1.80. The van der Waals surface area contributed by atoms with E-state index in [4.69, 9.17) is 0 Å². The number of nitrogens with zero attached hydrogens (tertiary/aromatic N) is 1. The van der Waals surface area contributed by atoms with Crippen molar-refractivity contribution in [2.24, 2.45) is 0 Å². The zero-order valence-corrected chi connectivity index (χ0v) is 12.0. The highest BCUT2D eigenvalue weighted by atomic mass is 16.3. The van der Waals surface area contributed by atoms with Gasteiger partial charge >= 0.3 is 0 Å². The predicted molar refractivity (Wildman–Crippen MR) is 81.1 cm³/mol. The number of likely N-dealkylation sites (N-methyl/N-ethyl adjacent to an activating group) is 1. The largest absolute Gasteiger partial charge is 0.508 e. The number of phenolic OH excluding ortho intramolecular Hbond substituents is 1. The third-order valence-corrected chi connectivity index (χ3v) is 4.92. The Kier molecular flexibility index (Phi) is 2.45. The molecule has 2 aromatic carbocycles. The van der Waals surface area contributed by atoms with E-state index >= 15 is 0 Å². The Morgan fingerprint density at radius 1 is 1.15 bits per heavy atom. The molecule has 0 unspecified atom stereocenters. The summed E-state index contributed by atoms with van der Waals surface area (Å²) < 4.78 is 0. The highest BCUT2D eigenvalue weighted by Gasteiger charge is 2.32. The van der Waals surface area contributed by atoms with Crippen molar-refractivity contribution in [3.05, 3.63) is 52.6 Å². The minimum Gasteiger partial charge on any atom is -0.508 e. The van der Waals surface area contributed by atoms with Gasteiger partial charge in [0.15, 0.2) is 0 Å². The van der Waals surface area contributed by atoms with Gasteiger partial charge in [0.2, 0.25) is 0 Å². The van der Waals surface area contributed by atoms with E-state index in [0.29, 0.717) is 11.8 Å². The van der Waals surface area contributed by atoms with Crippen molar-refractivity contribution < 1.29 is 5.11 Å². The molecule has 2 aromatic rings. The third kappa shape index (κ3) is 1.55. The summed E-state index contributed by atoms with van der Waals surface area (Å²) >= 11 is 0. The van der Waals surface area contributed by atoms with E-state index in [2.05, 4.69) is 36.2 Å². The van der Waals surface area contributed by atoms with Gasteiger partial charge in [0, 0.05) is 12.6 Å². The summed E-state index contributed by atoms with van der Waals surface area (Å²) in [5.41, 5.74) is 7.84. The molecule has 0 aromatic heterocycles. The van der Waals surface area contributed by atoms with E-state index in [1.54, 1.807) is 0 Å². The Morgan fingerprint density at radius 3 is 2.85 bits per heavy atom. The van der Waals surface area contributed by atoms with Gasteiger partial charge in [0.1, 0.15) is 5.75 Å². The highest BCUT2D eigenvalue weighted by Crippen LogP contribution is 2.45. The molecule has 1 aliphatic heterocycles. The van der Waals surface area contributed by atoms with Gasteiger partial charge in [-0.3, -0.25) is 4.90 Å². The van der Waals surface area contributed by atoms with E-state index in [-0.39, 0.29) is 0 Å². The normalized spacial score (nSPS) is 20.4. The minimum absolute atomic E-state index is 0.406. The van der Waals surface area contributed by atoms with Crippen molar-refractivity contribution in [1.82, 2.24) is 4.90 Å². The topological polar surface area (TPSA) is 23.5 Å². The quantitative estimate of drug-likeness (QED) is 0.788. The zero-order valence-electron chi connectivity index (χ0n) is 12.0. The molecule has 1 N–H and O–H groups in total. The molecule has 0 saturated heterocycles. The molecule has 102 valence electrons. The van der Waals surface area contributed by atoms with Crippen LogP contribution in [0, 0.1) is 6.92 Å². The molecule has 0 radical (unpaired) electrons. The van der Waals surface area contributed by atoms with Crippen molar-refractivity contribution >= 4 is 0 Å². The number of fused-ring (bicyclic) bond motifs is 2. The second-order valence-electron chi connectivity index (χ2n) is 6.12. The summed E-state index contributed by atoms with van der Waals surface area (Å²) in [6, 6.07) is 11.2. The van der Waals surface area contributed by atoms with Crippen LogP contribution in [0.4, 0.5) is 0 Å². The van der Waals surface area contributed by atoms with Gasteiger partial charge in [0.25, 0.3) is 0 Å². The van der Waals surface area contributed by atoms with E-state index in [0.717, 1.165) is 24.9 Å². The Balaban J connectivity index is 2.02. The lowest BCUT2D eigenvalue weighted by Gasteiger charge is -2.39. The lowest BCUT2D eigenvalue weighted by Crippen LogP contribution is -2.35. The van der Waals surface area contributed by atoms with Crippen LogP contribution in [0.3, 0.4) is 0 Å². The standard InChI is InChI=1S/C18H19NO/c1-11-8-13-9-16-18-12(6-7-19(16)2)4-3-5-14(18)15(13)10-17(11)20/h3-5,8,10,16,20H,6-7,9H2,1-2H3/t16-/m1/s1. The maximum atomic E-state index is 10.0. The first-order valence-electron chi connectivity index (χ1n) is 7.30. The number of benzene rings is 2. The van der Waals surface area contributed by atoms with E-state index in [1.165, 1.54) is 27.8 Å². The number of aromatic hydroxyl groups is 1. The number of hydrogen-bond donors (Lipinski definition) is 1. The monoisotopic (exact) mass is 265 g/mol. The van der Waals surface area contributed by atoms with Crippen LogP contribution >= 0.6 is 0 Å². The van der Waals surface area contributed by atoms with Crippen molar-refractivity contribution in [2.75, 3.05) is 13.6 Å². The molecule has 0 bridgehead atoms. The summed E-state index contributed by atoms with van der Waals surface area (Å²) in [4.78, 5) is 2.47. The number of rotatable bonds is 0. The van der Waals surface area contributed by atoms with Gasteiger partial charge in [-0.1, -0.05) is 24.3 Å². The molecule has 0 amide bonds. The van der Waals surface area contributed by atoms with Crippen molar-refractivity contribution in [3.63, 3.8) is 0 Å². The third-order valence-electron chi connectivity index (χ3n) is 4.92. The lowest BCUT2D eigenvalue weighted by molar-refractivity contribution is 0.228. The smallest absolute Gasteiger partial charge is 0.119 e. The van der Waals surface area contributed by atoms with Crippen LogP contribution < -0.4 is 0 Å². The highest BCUT2D eigenvalue weighted by molar-refractivity contribution is 5.77. The van der Waals surface area contributed by atoms with Crippen LogP contribution in [0.2, 0.25) is 0 Å². The van der Waals surface area contributed by atoms with Crippen molar-refractivity contribution in [2.45, 2.75) is 25.8 Å². The van der Waals surface area contributed by atoms with E-state index in [9.17, 15) is 5.11 Å². The predicted octanol–water partition coefficient (Wildman–Crippen LogP) is 3.45. The van der Waals surface area contributed by atoms with E-state index < -0.39 is 0 Å². The molecular weight excluding hydrogens is 246 g/mol. The average Bonchev–Trinajstić information content (AvgIpc) is 2.45. The molecule has 0 saturated carbocycles. The number of aryl methyl sites for hydroxylation is 1. The summed E-state index contributed by atoms with van der Waals surface area (Å²) in [7, 11) is 2.22. The summed E-state index contributed by atoms with van der Waals surface area (Å²) in [6.45, 7) is 3.11. The summed E-state index contributed by atoms with van der Waals surface area (Å²) in [6.07, 6.45) is 2.18. The molecular formula is C18H19NO. The maximum Gasteiger partial charge on any atom is 0.119 e. The first kappa shape index (κ1) is 12.0. The molecule has 1 atom stereocenters. The molecule has 4 rings (SSSR count).